The molecule has 2 atom stereocenters. The molecule has 0 bridgehead atoms. The van der Waals surface area contributed by atoms with Crippen LogP contribution < -0.4 is 5.32 Å². The largest absolute Gasteiger partial charge is 0.466 e. The topological polar surface area (TPSA) is 95.9 Å². The molecule has 0 aliphatic rings. The minimum Gasteiger partial charge on any atom is -0.466 e. The number of carbonyl (C=O) groups is 2. The third-order valence-electron chi connectivity index (χ3n) is 15.0. The summed E-state index contributed by atoms with van der Waals surface area (Å²) in [6.07, 6.45) is 75.0. The Morgan fingerprint density at radius 1 is 0.380 bits per heavy atom. The molecule has 6 nitrogen and oxygen atoms in total. The van der Waals surface area contributed by atoms with Crippen molar-refractivity contribution in [1.29, 1.82) is 0 Å². The number of allylic oxidation sites excluding steroid dienone is 3. The summed E-state index contributed by atoms with van der Waals surface area (Å²) in [7, 11) is 0. The van der Waals surface area contributed by atoms with Crippen LogP contribution in [0.4, 0.5) is 0 Å². The number of aliphatic hydroxyl groups excluding tert-OH is 2. The number of ether oxygens (including phenoxy) is 1. The number of hydrogen-bond donors (Lipinski definition) is 3. The van der Waals surface area contributed by atoms with Gasteiger partial charge in [0.25, 0.3) is 0 Å². The Bertz CT molecular complexity index is 1110. The highest BCUT2D eigenvalue weighted by Gasteiger charge is 2.18. The van der Waals surface area contributed by atoms with Gasteiger partial charge in [0.2, 0.25) is 5.91 Å². The lowest BCUT2D eigenvalue weighted by atomic mass is 10.0. The summed E-state index contributed by atoms with van der Waals surface area (Å²) in [4.78, 5) is 24.6. The summed E-state index contributed by atoms with van der Waals surface area (Å²) in [5, 5.41) is 23.2. The minimum atomic E-state index is -0.846. The summed E-state index contributed by atoms with van der Waals surface area (Å²) >= 11 is 0. The van der Waals surface area contributed by atoms with Crippen molar-refractivity contribution in [2.24, 2.45) is 0 Å². The first-order valence-corrected chi connectivity index (χ1v) is 32.1. The quantitative estimate of drug-likeness (QED) is 0.0320. The SMILES string of the molecule is CCCCCCCC/C=C\CCCCCCCCCC(=O)OCCCCCCCCCCCCCCCCCCCCCCC(=O)NC(CO)C(O)/C=C/CCCCCCCCCCCCCCCCC. The fourth-order valence-corrected chi connectivity index (χ4v) is 10.0. The Labute approximate surface area is 443 Å². The Morgan fingerprint density at radius 3 is 1.00 bits per heavy atom. The number of carbonyl (C=O) groups excluding carboxylic acids is 2. The molecule has 0 saturated carbocycles. The van der Waals surface area contributed by atoms with Gasteiger partial charge in [0.15, 0.2) is 0 Å². The van der Waals surface area contributed by atoms with Crippen molar-refractivity contribution >= 4 is 11.9 Å². The van der Waals surface area contributed by atoms with Gasteiger partial charge < -0.3 is 20.3 Å². The van der Waals surface area contributed by atoms with E-state index >= 15 is 0 Å². The minimum absolute atomic E-state index is 0.00716. The molecule has 0 spiro atoms. The van der Waals surface area contributed by atoms with Crippen LogP contribution in [-0.4, -0.2) is 47.4 Å². The molecular formula is C65H125NO5. The van der Waals surface area contributed by atoms with E-state index in [-0.39, 0.29) is 18.5 Å². The fraction of sp³-hybridized carbons (Fsp3) is 0.908. The van der Waals surface area contributed by atoms with Gasteiger partial charge in [0.1, 0.15) is 0 Å². The zero-order valence-corrected chi connectivity index (χ0v) is 48.0. The number of nitrogens with one attached hydrogen (secondary N) is 1. The standard InChI is InChI=1S/C65H125NO5/c1-3-5-7-9-11-13-15-17-19-25-29-33-37-41-45-49-53-57-63(68)62(61-67)66-64(69)58-54-50-46-42-38-34-30-27-23-21-22-24-28-32-36-40-44-48-52-56-60-71-65(70)59-55-51-47-43-39-35-31-26-20-18-16-14-12-10-8-6-4-2/h18,20,53,57,62-63,67-68H,3-17,19,21-52,54-56,58-61H2,1-2H3,(H,66,69)/b20-18-,57-53+. The molecule has 0 fully saturated rings. The van der Waals surface area contributed by atoms with Crippen LogP contribution >= 0.6 is 0 Å². The molecule has 1 amide bonds. The van der Waals surface area contributed by atoms with Crippen LogP contribution in [0.3, 0.4) is 0 Å². The van der Waals surface area contributed by atoms with E-state index in [4.69, 9.17) is 4.74 Å². The number of hydrogen-bond acceptors (Lipinski definition) is 5. The summed E-state index contributed by atoms with van der Waals surface area (Å²) in [5.41, 5.74) is 0. The molecule has 0 aromatic rings. The summed E-state index contributed by atoms with van der Waals surface area (Å²) in [6.45, 7) is 4.92. The van der Waals surface area contributed by atoms with Gasteiger partial charge in [-0.3, -0.25) is 9.59 Å². The number of esters is 1. The van der Waals surface area contributed by atoms with Crippen LogP contribution in [0.15, 0.2) is 24.3 Å². The van der Waals surface area contributed by atoms with E-state index in [1.54, 1.807) is 6.08 Å². The maximum absolute atomic E-state index is 12.5. The highest BCUT2D eigenvalue weighted by Crippen LogP contribution is 2.18. The normalized spacial score (nSPS) is 12.7. The van der Waals surface area contributed by atoms with Crippen LogP contribution in [-0.2, 0) is 14.3 Å². The molecular weight excluding hydrogens is 875 g/mol. The van der Waals surface area contributed by atoms with Crippen molar-refractivity contribution < 1.29 is 24.5 Å². The van der Waals surface area contributed by atoms with Crippen LogP contribution in [0.25, 0.3) is 0 Å². The van der Waals surface area contributed by atoms with E-state index in [1.807, 2.05) is 6.08 Å². The zero-order valence-electron chi connectivity index (χ0n) is 48.0. The van der Waals surface area contributed by atoms with Gasteiger partial charge in [0.05, 0.1) is 25.4 Å². The molecule has 6 heteroatoms. The van der Waals surface area contributed by atoms with Crippen molar-refractivity contribution in [3.63, 3.8) is 0 Å². The second-order valence-electron chi connectivity index (χ2n) is 22.1. The van der Waals surface area contributed by atoms with Gasteiger partial charge in [-0.2, -0.15) is 0 Å². The Morgan fingerprint density at radius 2 is 0.662 bits per heavy atom. The van der Waals surface area contributed by atoms with Crippen molar-refractivity contribution in [1.82, 2.24) is 5.32 Å². The van der Waals surface area contributed by atoms with E-state index in [2.05, 4.69) is 31.3 Å². The molecule has 0 aliphatic heterocycles. The van der Waals surface area contributed by atoms with Crippen molar-refractivity contribution in [2.75, 3.05) is 13.2 Å². The van der Waals surface area contributed by atoms with E-state index in [9.17, 15) is 19.8 Å². The highest BCUT2D eigenvalue weighted by molar-refractivity contribution is 5.76. The van der Waals surface area contributed by atoms with E-state index < -0.39 is 12.1 Å². The molecule has 0 heterocycles. The Hall–Kier alpha value is -1.66. The highest BCUT2D eigenvalue weighted by atomic mass is 16.5. The van der Waals surface area contributed by atoms with Gasteiger partial charge in [0, 0.05) is 12.8 Å². The lowest BCUT2D eigenvalue weighted by molar-refractivity contribution is -0.143. The van der Waals surface area contributed by atoms with Crippen LogP contribution in [0.5, 0.6) is 0 Å². The lowest BCUT2D eigenvalue weighted by Crippen LogP contribution is -2.45. The van der Waals surface area contributed by atoms with Gasteiger partial charge >= 0.3 is 5.97 Å². The molecule has 71 heavy (non-hydrogen) atoms. The van der Waals surface area contributed by atoms with Crippen molar-refractivity contribution in [2.45, 2.75) is 366 Å². The Kier molecular flexibility index (Phi) is 59.5. The fourth-order valence-electron chi connectivity index (χ4n) is 10.0. The second-order valence-corrected chi connectivity index (χ2v) is 22.1. The molecule has 0 radical (unpaired) electrons. The third kappa shape index (κ3) is 57.5. The Balaban J connectivity index is 3.41. The zero-order chi connectivity index (χ0) is 51.4. The van der Waals surface area contributed by atoms with Crippen LogP contribution in [0.2, 0.25) is 0 Å². The number of aliphatic hydroxyl groups is 2. The predicted molar refractivity (Wildman–Crippen MR) is 310 cm³/mol. The maximum Gasteiger partial charge on any atom is 0.305 e. The first-order valence-electron chi connectivity index (χ1n) is 32.1. The predicted octanol–water partition coefficient (Wildman–Crippen LogP) is 20.2. The van der Waals surface area contributed by atoms with Gasteiger partial charge in [-0.05, 0) is 57.8 Å². The molecule has 0 aliphatic carbocycles. The average Bonchev–Trinajstić information content (AvgIpc) is 3.37. The van der Waals surface area contributed by atoms with E-state index in [1.165, 1.54) is 283 Å². The molecule has 420 valence electrons. The van der Waals surface area contributed by atoms with Crippen molar-refractivity contribution in [3.05, 3.63) is 24.3 Å². The molecule has 0 aromatic heterocycles. The summed E-state index contributed by atoms with van der Waals surface area (Å²) in [5.74, 6) is -0.0602. The molecule has 0 rings (SSSR count). The second kappa shape index (κ2) is 60.9. The first-order chi connectivity index (χ1) is 35.0. The van der Waals surface area contributed by atoms with Gasteiger partial charge in [-0.15, -0.1) is 0 Å². The summed E-state index contributed by atoms with van der Waals surface area (Å²) in [6, 6.07) is -0.629. The number of amides is 1. The van der Waals surface area contributed by atoms with E-state index in [0.29, 0.717) is 19.4 Å². The lowest BCUT2D eigenvalue weighted by Gasteiger charge is -2.20. The van der Waals surface area contributed by atoms with Crippen molar-refractivity contribution in [3.8, 4) is 0 Å². The third-order valence-corrected chi connectivity index (χ3v) is 15.0. The summed E-state index contributed by atoms with van der Waals surface area (Å²) < 4.78 is 5.49. The maximum atomic E-state index is 12.5. The molecule has 0 aromatic carbocycles. The van der Waals surface area contributed by atoms with Gasteiger partial charge in [-0.25, -0.2) is 0 Å². The number of rotatable bonds is 60. The smallest absolute Gasteiger partial charge is 0.305 e. The molecule has 3 N–H and O–H groups in total. The van der Waals surface area contributed by atoms with Crippen LogP contribution in [0, 0.1) is 0 Å². The van der Waals surface area contributed by atoms with Crippen LogP contribution in [0.1, 0.15) is 354 Å². The monoisotopic (exact) mass is 1000 g/mol. The van der Waals surface area contributed by atoms with Gasteiger partial charge in [-0.1, -0.05) is 308 Å². The first kappa shape index (κ1) is 69.3. The molecule has 0 saturated heterocycles. The molecule has 2 unspecified atom stereocenters. The van der Waals surface area contributed by atoms with E-state index in [0.717, 1.165) is 44.9 Å². The number of unbranched alkanes of at least 4 members (excludes halogenated alkanes) is 47. The average molecular weight is 1000 g/mol.